The van der Waals surface area contributed by atoms with Crippen LogP contribution in [-0.2, 0) is 7.05 Å². The molecule has 1 rings (SSSR count). The molecule has 0 aliphatic heterocycles. The standard InChI is InChI=1S/C4H4BrClN2/c1-8-2-3(6)4(5)7-8/h2H,1H3. The Balaban J connectivity index is 3.14. The lowest BCUT2D eigenvalue weighted by Crippen LogP contribution is -1.84. The lowest BCUT2D eigenvalue weighted by molar-refractivity contribution is 0.760. The molecule has 1 aromatic heterocycles. The molecule has 4 heteroatoms. The molecule has 0 fully saturated rings. The molecule has 0 atom stereocenters. The second kappa shape index (κ2) is 2.07. The van der Waals surface area contributed by atoms with E-state index in [0.717, 1.165) is 0 Å². The monoisotopic (exact) mass is 194 g/mol. The Morgan fingerprint density at radius 3 is 2.62 bits per heavy atom. The van der Waals surface area contributed by atoms with Crippen molar-refractivity contribution in [1.82, 2.24) is 9.78 Å². The molecule has 0 bridgehead atoms. The summed E-state index contributed by atoms with van der Waals surface area (Å²) < 4.78 is 2.34. The van der Waals surface area contributed by atoms with Gasteiger partial charge in [-0.25, -0.2) is 0 Å². The summed E-state index contributed by atoms with van der Waals surface area (Å²) in [4.78, 5) is 0. The first kappa shape index (κ1) is 6.11. The van der Waals surface area contributed by atoms with Crippen LogP contribution in [0.15, 0.2) is 10.8 Å². The first-order valence-corrected chi connectivity index (χ1v) is 3.22. The minimum Gasteiger partial charge on any atom is -0.273 e. The largest absolute Gasteiger partial charge is 0.273 e. The Hall–Kier alpha value is -0.0200. The number of aryl methyl sites for hydroxylation is 1. The van der Waals surface area contributed by atoms with Crippen molar-refractivity contribution in [1.29, 1.82) is 0 Å². The fourth-order valence-electron chi connectivity index (χ4n) is 0.432. The first-order valence-electron chi connectivity index (χ1n) is 2.05. The highest BCUT2D eigenvalue weighted by atomic mass is 79.9. The van der Waals surface area contributed by atoms with Gasteiger partial charge in [-0.05, 0) is 15.9 Å². The zero-order chi connectivity index (χ0) is 6.15. The van der Waals surface area contributed by atoms with Crippen molar-refractivity contribution in [3.8, 4) is 0 Å². The highest BCUT2D eigenvalue weighted by Crippen LogP contribution is 2.18. The van der Waals surface area contributed by atoms with Crippen LogP contribution in [0.3, 0.4) is 0 Å². The quantitative estimate of drug-likeness (QED) is 0.618. The van der Waals surface area contributed by atoms with Gasteiger partial charge in [0, 0.05) is 13.2 Å². The fraction of sp³-hybridized carbons (Fsp3) is 0.250. The Kier molecular flexibility index (Phi) is 1.58. The normalized spacial score (nSPS) is 9.88. The van der Waals surface area contributed by atoms with E-state index in [4.69, 9.17) is 11.6 Å². The van der Waals surface area contributed by atoms with Gasteiger partial charge in [-0.1, -0.05) is 11.6 Å². The summed E-state index contributed by atoms with van der Waals surface area (Å²) in [5.74, 6) is 0. The van der Waals surface area contributed by atoms with Crippen LogP contribution in [0, 0.1) is 0 Å². The van der Waals surface area contributed by atoms with Crippen molar-refractivity contribution < 1.29 is 0 Å². The van der Waals surface area contributed by atoms with Crippen molar-refractivity contribution in [2.75, 3.05) is 0 Å². The van der Waals surface area contributed by atoms with Gasteiger partial charge in [-0.2, -0.15) is 5.10 Å². The second-order valence-electron chi connectivity index (χ2n) is 1.44. The van der Waals surface area contributed by atoms with Crippen LogP contribution in [0.1, 0.15) is 0 Å². The highest BCUT2D eigenvalue weighted by molar-refractivity contribution is 9.10. The van der Waals surface area contributed by atoms with Gasteiger partial charge >= 0.3 is 0 Å². The van der Waals surface area contributed by atoms with Gasteiger partial charge in [-0.3, -0.25) is 4.68 Å². The topological polar surface area (TPSA) is 17.8 Å². The third kappa shape index (κ3) is 1.03. The molecule has 0 saturated carbocycles. The molecule has 0 radical (unpaired) electrons. The van der Waals surface area contributed by atoms with Crippen LogP contribution >= 0.6 is 27.5 Å². The van der Waals surface area contributed by atoms with Gasteiger partial charge in [0.1, 0.15) is 4.60 Å². The van der Waals surface area contributed by atoms with Crippen molar-refractivity contribution in [2.45, 2.75) is 0 Å². The van der Waals surface area contributed by atoms with E-state index >= 15 is 0 Å². The predicted octanol–water partition coefficient (Wildman–Crippen LogP) is 1.84. The Morgan fingerprint density at radius 1 is 1.88 bits per heavy atom. The van der Waals surface area contributed by atoms with Crippen LogP contribution in [0.5, 0.6) is 0 Å². The van der Waals surface area contributed by atoms with E-state index in [1.807, 2.05) is 7.05 Å². The van der Waals surface area contributed by atoms with Crippen LogP contribution in [0.25, 0.3) is 0 Å². The van der Waals surface area contributed by atoms with Crippen LogP contribution in [0.4, 0.5) is 0 Å². The van der Waals surface area contributed by atoms with Crippen molar-refractivity contribution in [3.63, 3.8) is 0 Å². The summed E-state index contributed by atoms with van der Waals surface area (Å²) in [6, 6.07) is 0. The summed E-state index contributed by atoms with van der Waals surface area (Å²) in [7, 11) is 1.82. The van der Waals surface area contributed by atoms with E-state index < -0.39 is 0 Å². The van der Waals surface area contributed by atoms with Gasteiger partial charge in [0.2, 0.25) is 0 Å². The average molecular weight is 195 g/mol. The molecule has 8 heavy (non-hydrogen) atoms. The van der Waals surface area contributed by atoms with Gasteiger partial charge < -0.3 is 0 Å². The predicted molar refractivity (Wildman–Crippen MR) is 35.9 cm³/mol. The molecule has 1 aromatic rings. The van der Waals surface area contributed by atoms with E-state index in [9.17, 15) is 0 Å². The maximum absolute atomic E-state index is 5.60. The van der Waals surface area contributed by atoms with Crippen molar-refractivity contribution in [2.24, 2.45) is 7.05 Å². The van der Waals surface area contributed by atoms with E-state index in [2.05, 4.69) is 21.0 Å². The molecule has 0 N–H and O–H groups in total. The lowest BCUT2D eigenvalue weighted by atomic mass is 10.7. The molecule has 0 saturated heterocycles. The van der Waals surface area contributed by atoms with E-state index in [0.29, 0.717) is 9.63 Å². The lowest BCUT2D eigenvalue weighted by Gasteiger charge is -1.78. The Labute approximate surface area is 60.6 Å². The van der Waals surface area contributed by atoms with Gasteiger partial charge in [-0.15, -0.1) is 0 Å². The Morgan fingerprint density at radius 2 is 2.50 bits per heavy atom. The molecule has 44 valence electrons. The molecule has 0 aliphatic rings. The zero-order valence-electron chi connectivity index (χ0n) is 4.23. The maximum Gasteiger partial charge on any atom is 0.146 e. The summed E-state index contributed by atoms with van der Waals surface area (Å²) >= 11 is 8.75. The molecular formula is C4H4BrClN2. The fourth-order valence-corrected chi connectivity index (χ4v) is 0.964. The van der Waals surface area contributed by atoms with Gasteiger partial charge in [0.15, 0.2) is 0 Å². The van der Waals surface area contributed by atoms with Crippen molar-refractivity contribution in [3.05, 3.63) is 15.8 Å². The molecule has 1 heterocycles. The number of hydrogen-bond donors (Lipinski definition) is 0. The second-order valence-corrected chi connectivity index (χ2v) is 2.60. The number of hydrogen-bond acceptors (Lipinski definition) is 1. The zero-order valence-corrected chi connectivity index (χ0v) is 6.57. The molecular weight excluding hydrogens is 191 g/mol. The van der Waals surface area contributed by atoms with Gasteiger partial charge in [0.05, 0.1) is 5.02 Å². The number of aromatic nitrogens is 2. The molecule has 2 nitrogen and oxygen atoms in total. The molecule has 0 unspecified atom stereocenters. The third-order valence-electron chi connectivity index (χ3n) is 0.743. The summed E-state index contributed by atoms with van der Waals surface area (Å²) in [6.07, 6.45) is 1.73. The number of rotatable bonds is 0. The SMILES string of the molecule is Cn1cc(Cl)c(Br)n1. The maximum atomic E-state index is 5.60. The molecule has 0 aliphatic carbocycles. The first-order chi connectivity index (χ1) is 3.70. The number of nitrogens with zero attached hydrogens (tertiary/aromatic N) is 2. The Bertz CT molecular complexity index is 176. The summed E-state index contributed by atoms with van der Waals surface area (Å²) in [6.45, 7) is 0. The molecule has 0 spiro atoms. The van der Waals surface area contributed by atoms with E-state index in [1.54, 1.807) is 10.9 Å². The summed E-state index contributed by atoms with van der Waals surface area (Å²) in [5, 5.41) is 4.56. The van der Waals surface area contributed by atoms with Crippen molar-refractivity contribution >= 4 is 27.5 Å². The smallest absolute Gasteiger partial charge is 0.146 e. The average Bonchev–Trinajstić information content (AvgIpc) is 1.85. The van der Waals surface area contributed by atoms with Gasteiger partial charge in [0.25, 0.3) is 0 Å². The molecule has 0 aromatic carbocycles. The highest BCUT2D eigenvalue weighted by Gasteiger charge is 1.97. The van der Waals surface area contributed by atoms with E-state index in [-0.39, 0.29) is 0 Å². The summed E-state index contributed by atoms with van der Waals surface area (Å²) in [5.41, 5.74) is 0. The van der Waals surface area contributed by atoms with Crippen LogP contribution in [0.2, 0.25) is 5.02 Å². The minimum atomic E-state index is 0.646. The van der Waals surface area contributed by atoms with Crippen LogP contribution in [-0.4, -0.2) is 9.78 Å². The molecule has 0 amide bonds. The number of halogens is 2. The van der Waals surface area contributed by atoms with Crippen LogP contribution < -0.4 is 0 Å². The third-order valence-corrected chi connectivity index (χ3v) is 1.83. The minimum absolute atomic E-state index is 0.646. The van der Waals surface area contributed by atoms with E-state index in [1.165, 1.54) is 0 Å².